The summed E-state index contributed by atoms with van der Waals surface area (Å²) < 4.78 is 11.3. The number of hydrogen-bond acceptors (Lipinski definition) is 8. The molecule has 0 spiro atoms. The summed E-state index contributed by atoms with van der Waals surface area (Å²) in [5, 5.41) is 13.8. The number of methoxy groups -OCH3 is 2. The van der Waals surface area contributed by atoms with Crippen molar-refractivity contribution in [2.24, 2.45) is 0 Å². The Morgan fingerprint density at radius 3 is 1.71 bits per heavy atom. The summed E-state index contributed by atoms with van der Waals surface area (Å²) in [6.45, 7) is 4.46. The van der Waals surface area contributed by atoms with Gasteiger partial charge in [-0.1, -0.05) is 53.5 Å². The zero-order valence-corrected chi connectivity index (χ0v) is 29.3. The molecule has 0 radical (unpaired) electrons. The number of carbonyl (C=O) groups is 2. The van der Waals surface area contributed by atoms with Crippen LogP contribution in [0.1, 0.15) is 42.4 Å². The maximum Gasteiger partial charge on any atom is 0.220 e. The lowest BCUT2D eigenvalue weighted by atomic mass is 9.96. The van der Waals surface area contributed by atoms with E-state index in [1.54, 1.807) is 14.2 Å². The number of halogens is 2. The zero-order chi connectivity index (χ0) is 34.5. The standard InChI is InChI=1S/C37H40Cl2N6O4/c1-21-15-28(35(39)29(16-21)31-12-8-23(37(45-31)49-3)18-41-20-25-10-14-33(47)43-25)26-5-4-6-27(34(26)38)30-11-7-22(36(44-30)48-2)17-40-19-24-9-13-32(46)42-24/h4-8,11-12,15-16,24-25,40-41H,9-10,13-14,17-20H2,1-3H3,(H,42,46)(H,43,47)/t24-,25-/m0/s1. The van der Waals surface area contributed by atoms with Crippen molar-refractivity contribution in [2.75, 3.05) is 27.3 Å². The highest BCUT2D eigenvalue weighted by Gasteiger charge is 2.22. The fourth-order valence-electron chi connectivity index (χ4n) is 6.37. The second kappa shape index (κ2) is 15.6. The molecule has 10 nitrogen and oxygen atoms in total. The van der Waals surface area contributed by atoms with Crippen molar-refractivity contribution >= 4 is 35.0 Å². The SMILES string of the molecule is COc1nc(-c2cccc(-c3cc(C)cc(-c4ccc(CNC[C@@H]5CCC(=O)N5)c(OC)n4)c3Cl)c2Cl)ccc1CNC[C@@H]1CCC(=O)N1. The van der Waals surface area contributed by atoms with Crippen LogP contribution < -0.4 is 30.7 Å². The second-order valence-electron chi connectivity index (χ2n) is 12.4. The lowest BCUT2D eigenvalue weighted by Gasteiger charge is -2.17. The number of rotatable bonds is 13. The maximum absolute atomic E-state index is 11.5. The summed E-state index contributed by atoms with van der Waals surface area (Å²) in [7, 11) is 3.20. The molecule has 49 heavy (non-hydrogen) atoms. The normalized spacial score (nSPS) is 17.2. The van der Waals surface area contributed by atoms with Gasteiger partial charge in [0.2, 0.25) is 23.6 Å². The molecule has 2 saturated heterocycles. The summed E-state index contributed by atoms with van der Waals surface area (Å²) in [5.41, 5.74) is 7.21. The number of carbonyl (C=O) groups excluding carboxylic acids is 2. The molecular weight excluding hydrogens is 663 g/mol. The molecule has 4 aromatic rings. The van der Waals surface area contributed by atoms with Gasteiger partial charge >= 0.3 is 0 Å². The molecule has 0 bridgehead atoms. The number of ether oxygens (including phenoxy) is 2. The average Bonchev–Trinajstić information content (AvgIpc) is 3.72. The van der Waals surface area contributed by atoms with Crippen LogP contribution in [0.2, 0.25) is 10.0 Å². The molecule has 0 aliphatic carbocycles. The Kier molecular flexibility index (Phi) is 11.0. The van der Waals surface area contributed by atoms with Crippen LogP contribution in [-0.4, -0.2) is 61.2 Å². The van der Waals surface area contributed by atoms with Gasteiger partial charge in [0.25, 0.3) is 0 Å². The first-order chi connectivity index (χ1) is 23.7. The largest absolute Gasteiger partial charge is 0.481 e. The molecule has 0 saturated carbocycles. The predicted octanol–water partition coefficient (Wildman–Crippen LogP) is 5.85. The van der Waals surface area contributed by atoms with Gasteiger partial charge in [-0.05, 0) is 49.6 Å². The van der Waals surface area contributed by atoms with Crippen LogP contribution in [0, 0.1) is 6.92 Å². The molecule has 256 valence electrons. The number of benzene rings is 2. The van der Waals surface area contributed by atoms with Gasteiger partial charge in [0, 0.05) is 84.5 Å². The smallest absolute Gasteiger partial charge is 0.220 e. The Balaban J connectivity index is 1.23. The second-order valence-corrected chi connectivity index (χ2v) is 13.2. The number of nitrogens with one attached hydrogen (secondary N) is 4. The topological polar surface area (TPSA) is 126 Å². The third kappa shape index (κ3) is 7.99. The molecule has 2 aliphatic heterocycles. The number of hydrogen-bond donors (Lipinski definition) is 4. The first-order valence-electron chi connectivity index (χ1n) is 16.4. The van der Waals surface area contributed by atoms with E-state index in [4.69, 9.17) is 42.6 Å². The minimum atomic E-state index is 0.0984. The molecule has 4 heterocycles. The summed E-state index contributed by atoms with van der Waals surface area (Å²) in [4.78, 5) is 32.7. The van der Waals surface area contributed by atoms with Gasteiger partial charge in [0.05, 0.1) is 35.7 Å². The van der Waals surface area contributed by atoms with Gasteiger partial charge in [-0.3, -0.25) is 9.59 Å². The molecule has 12 heteroatoms. The van der Waals surface area contributed by atoms with E-state index in [0.717, 1.165) is 51.8 Å². The molecule has 4 N–H and O–H groups in total. The number of aryl methyl sites for hydroxylation is 1. The summed E-state index contributed by atoms with van der Waals surface area (Å²) in [6.07, 6.45) is 2.81. The molecule has 2 aromatic heterocycles. The van der Waals surface area contributed by atoms with Gasteiger partial charge in [-0.15, -0.1) is 0 Å². The lowest BCUT2D eigenvalue weighted by molar-refractivity contribution is -0.120. The van der Waals surface area contributed by atoms with E-state index in [9.17, 15) is 9.59 Å². The Morgan fingerprint density at radius 2 is 1.20 bits per heavy atom. The fraction of sp³-hybridized carbons (Fsp3) is 0.351. The Hall–Kier alpha value is -4.22. The molecule has 2 amide bonds. The van der Waals surface area contributed by atoms with E-state index in [-0.39, 0.29) is 23.9 Å². The van der Waals surface area contributed by atoms with Crippen molar-refractivity contribution in [1.82, 2.24) is 31.2 Å². The minimum absolute atomic E-state index is 0.0984. The van der Waals surface area contributed by atoms with Crippen LogP contribution in [0.25, 0.3) is 33.6 Å². The highest BCUT2D eigenvalue weighted by Crippen LogP contribution is 2.43. The van der Waals surface area contributed by atoms with Gasteiger partial charge < -0.3 is 30.7 Å². The van der Waals surface area contributed by atoms with Crippen LogP contribution in [0.15, 0.2) is 54.6 Å². The van der Waals surface area contributed by atoms with Crippen molar-refractivity contribution in [1.29, 1.82) is 0 Å². The molecule has 0 unspecified atom stereocenters. The minimum Gasteiger partial charge on any atom is -0.481 e. The Bertz CT molecular complexity index is 1870. The number of nitrogens with zero attached hydrogens (tertiary/aromatic N) is 2. The quantitative estimate of drug-likeness (QED) is 0.137. The third-order valence-electron chi connectivity index (χ3n) is 8.90. The zero-order valence-electron chi connectivity index (χ0n) is 27.8. The molecule has 6 rings (SSSR count). The third-order valence-corrected chi connectivity index (χ3v) is 9.72. The molecule has 2 aliphatic rings. The van der Waals surface area contributed by atoms with Crippen molar-refractivity contribution in [3.8, 4) is 45.4 Å². The van der Waals surface area contributed by atoms with Crippen LogP contribution in [0.4, 0.5) is 0 Å². The fourth-order valence-corrected chi connectivity index (χ4v) is 7.01. The number of pyridine rings is 2. The lowest BCUT2D eigenvalue weighted by Crippen LogP contribution is -2.35. The monoisotopic (exact) mass is 702 g/mol. The molecular formula is C37H40Cl2N6O4. The maximum atomic E-state index is 11.5. The van der Waals surface area contributed by atoms with Gasteiger partial charge in [-0.25, -0.2) is 9.97 Å². The summed E-state index contributed by atoms with van der Waals surface area (Å²) >= 11 is 14.3. The van der Waals surface area contributed by atoms with Crippen LogP contribution in [0.5, 0.6) is 11.8 Å². The van der Waals surface area contributed by atoms with Crippen LogP contribution in [-0.2, 0) is 22.7 Å². The highest BCUT2D eigenvalue weighted by atomic mass is 35.5. The van der Waals surface area contributed by atoms with Crippen molar-refractivity contribution in [3.63, 3.8) is 0 Å². The van der Waals surface area contributed by atoms with E-state index in [1.165, 1.54) is 0 Å². The van der Waals surface area contributed by atoms with Crippen molar-refractivity contribution < 1.29 is 19.1 Å². The first kappa shape index (κ1) is 34.6. The number of aromatic nitrogens is 2. The van der Waals surface area contributed by atoms with E-state index in [1.807, 2.05) is 61.5 Å². The Labute approximate surface area is 296 Å². The van der Waals surface area contributed by atoms with Crippen LogP contribution in [0.3, 0.4) is 0 Å². The number of amides is 2. The van der Waals surface area contributed by atoms with Gasteiger partial charge in [0.15, 0.2) is 0 Å². The average molecular weight is 704 g/mol. The van der Waals surface area contributed by atoms with Gasteiger partial charge in [-0.2, -0.15) is 0 Å². The van der Waals surface area contributed by atoms with Crippen molar-refractivity contribution in [2.45, 2.75) is 57.8 Å². The van der Waals surface area contributed by atoms with E-state index in [2.05, 4.69) is 21.3 Å². The Morgan fingerprint density at radius 1 is 0.714 bits per heavy atom. The predicted molar refractivity (Wildman–Crippen MR) is 192 cm³/mol. The molecule has 2 fully saturated rings. The molecule has 2 atom stereocenters. The highest BCUT2D eigenvalue weighted by molar-refractivity contribution is 6.39. The molecule has 2 aromatic carbocycles. The summed E-state index contributed by atoms with van der Waals surface area (Å²) in [6, 6.07) is 18.0. The van der Waals surface area contributed by atoms with E-state index >= 15 is 0 Å². The van der Waals surface area contributed by atoms with Gasteiger partial charge in [0.1, 0.15) is 0 Å². The van der Waals surface area contributed by atoms with E-state index in [0.29, 0.717) is 72.2 Å². The first-order valence-corrected chi connectivity index (χ1v) is 17.2. The van der Waals surface area contributed by atoms with Crippen molar-refractivity contribution in [3.05, 3.63) is 81.3 Å². The summed E-state index contributed by atoms with van der Waals surface area (Å²) in [5.74, 6) is 1.20. The van der Waals surface area contributed by atoms with Crippen LogP contribution >= 0.6 is 23.2 Å². The van der Waals surface area contributed by atoms with E-state index < -0.39 is 0 Å².